The van der Waals surface area contributed by atoms with Crippen LogP contribution in [0.25, 0.3) is 5.70 Å². The van der Waals surface area contributed by atoms with E-state index < -0.39 is 0 Å². The van der Waals surface area contributed by atoms with Crippen molar-refractivity contribution in [3.8, 4) is 0 Å². The molecule has 0 aromatic carbocycles. The highest BCUT2D eigenvalue weighted by molar-refractivity contribution is 5.91. The molecule has 1 aromatic rings. The fourth-order valence-electron chi connectivity index (χ4n) is 1.03. The van der Waals surface area contributed by atoms with Gasteiger partial charge in [0.25, 0.3) is 0 Å². The van der Waals surface area contributed by atoms with Gasteiger partial charge in [0, 0.05) is 6.08 Å². The van der Waals surface area contributed by atoms with Crippen LogP contribution in [0.4, 0.5) is 0 Å². The first-order chi connectivity index (χ1) is 5.59. The molecule has 0 bridgehead atoms. The van der Waals surface area contributed by atoms with Crippen LogP contribution in [0, 0.1) is 0 Å². The SMILES string of the molecule is CC(=O)/C=C(\C)n1cc[n+](C)c1. The molecule has 0 saturated carbocycles. The number of carbonyl (C=O) groups is 1. The summed E-state index contributed by atoms with van der Waals surface area (Å²) in [6.07, 6.45) is 7.36. The van der Waals surface area contributed by atoms with Crippen LogP contribution < -0.4 is 4.57 Å². The van der Waals surface area contributed by atoms with E-state index in [0.717, 1.165) is 5.70 Å². The summed E-state index contributed by atoms with van der Waals surface area (Å²) in [7, 11) is 1.94. The standard InChI is InChI=1S/C9H13N2O/c1-8(6-9(2)12)11-5-4-10(3)7-11/h4-7H,1-3H3/q+1/b8-6+. The van der Waals surface area contributed by atoms with E-state index in [4.69, 9.17) is 0 Å². The van der Waals surface area contributed by atoms with Crippen LogP contribution in [0.15, 0.2) is 24.8 Å². The van der Waals surface area contributed by atoms with Gasteiger partial charge in [-0.05, 0) is 13.8 Å². The van der Waals surface area contributed by atoms with Gasteiger partial charge in [-0.25, -0.2) is 9.13 Å². The van der Waals surface area contributed by atoms with Crippen LogP contribution in [0.5, 0.6) is 0 Å². The summed E-state index contributed by atoms with van der Waals surface area (Å²) in [4.78, 5) is 10.7. The molecule has 3 heteroatoms. The Morgan fingerprint density at radius 1 is 1.50 bits per heavy atom. The van der Waals surface area contributed by atoms with Crippen molar-refractivity contribution in [2.45, 2.75) is 13.8 Å². The highest BCUT2D eigenvalue weighted by Gasteiger charge is 2.02. The molecule has 0 unspecified atom stereocenters. The lowest BCUT2D eigenvalue weighted by atomic mass is 10.3. The van der Waals surface area contributed by atoms with Crippen LogP contribution in [-0.2, 0) is 11.8 Å². The molecule has 1 aromatic heterocycles. The number of carbonyl (C=O) groups excluding carboxylic acids is 1. The van der Waals surface area contributed by atoms with Gasteiger partial charge < -0.3 is 0 Å². The summed E-state index contributed by atoms with van der Waals surface area (Å²) in [6.45, 7) is 3.45. The minimum absolute atomic E-state index is 0.0730. The predicted molar refractivity (Wildman–Crippen MR) is 46.2 cm³/mol. The summed E-state index contributed by atoms with van der Waals surface area (Å²) in [6, 6.07) is 0. The smallest absolute Gasteiger partial charge is 0.248 e. The third-order valence-electron chi connectivity index (χ3n) is 1.59. The van der Waals surface area contributed by atoms with Gasteiger partial charge in [0.2, 0.25) is 6.33 Å². The number of hydrogen-bond acceptors (Lipinski definition) is 1. The third-order valence-corrected chi connectivity index (χ3v) is 1.59. The summed E-state index contributed by atoms with van der Waals surface area (Å²) >= 11 is 0. The molecular formula is C9H13N2O+. The molecule has 0 spiro atoms. The van der Waals surface area contributed by atoms with Gasteiger partial charge in [0.1, 0.15) is 18.1 Å². The van der Waals surface area contributed by atoms with Crippen LogP contribution in [-0.4, -0.2) is 10.4 Å². The molecule has 0 radical (unpaired) electrons. The van der Waals surface area contributed by atoms with Gasteiger partial charge in [-0.3, -0.25) is 4.79 Å². The normalized spacial score (nSPS) is 11.8. The number of hydrogen-bond donors (Lipinski definition) is 0. The Labute approximate surface area is 71.9 Å². The number of ketones is 1. The molecule has 0 aliphatic carbocycles. The third kappa shape index (κ3) is 2.05. The number of allylic oxidation sites excluding steroid dienone is 2. The van der Waals surface area contributed by atoms with Gasteiger partial charge in [0.05, 0.1) is 7.05 Å². The maximum absolute atomic E-state index is 10.7. The minimum atomic E-state index is 0.0730. The molecular weight excluding hydrogens is 152 g/mol. The molecule has 1 rings (SSSR count). The first-order valence-corrected chi connectivity index (χ1v) is 3.82. The van der Waals surface area contributed by atoms with Gasteiger partial charge in [-0.15, -0.1) is 0 Å². The number of imidazole rings is 1. The Hall–Kier alpha value is -1.38. The molecule has 0 fully saturated rings. The number of aryl methyl sites for hydroxylation is 1. The quantitative estimate of drug-likeness (QED) is 0.469. The highest BCUT2D eigenvalue weighted by Crippen LogP contribution is 2.00. The van der Waals surface area contributed by atoms with Crippen LogP contribution in [0.3, 0.4) is 0 Å². The zero-order valence-corrected chi connectivity index (χ0v) is 7.61. The van der Waals surface area contributed by atoms with Crippen molar-refractivity contribution < 1.29 is 9.36 Å². The van der Waals surface area contributed by atoms with Crippen molar-refractivity contribution in [3.05, 3.63) is 24.8 Å². The van der Waals surface area contributed by atoms with E-state index in [1.54, 1.807) is 13.0 Å². The molecule has 0 amide bonds. The Bertz CT molecular complexity index is 323. The van der Waals surface area contributed by atoms with Crippen molar-refractivity contribution in [3.63, 3.8) is 0 Å². The monoisotopic (exact) mass is 165 g/mol. The van der Waals surface area contributed by atoms with Gasteiger partial charge in [0.15, 0.2) is 5.78 Å². The van der Waals surface area contributed by atoms with Crippen molar-refractivity contribution in [2.75, 3.05) is 0 Å². The molecule has 1 heterocycles. The fraction of sp³-hybridized carbons (Fsp3) is 0.333. The van der Waals surface area contributed by atoms with E-state index in [1.165, 1.54) is 0 Å². The van der Waals surface area contributed by atoms with Gasteiger partial charge in [-0.1, -0.05) is 0 Å². The predicted octanol–water partition coefficient (Wildman–Crippen LogP) is 0.762. The summed E-state index contributed by atoms with van der Waals surface area (Å²) < 4.78 is 3.83. The van der Waals surface area contributed by atoms with E-state index in [0.29, 0.717) is 0 Å². The van der Waals surface area contributed by atoms with Crippen LogP contribution in [0.2, 0.25) is 0 Å². The van der Waals surface area contributed by atoms with Crippen LogP contribution in [0.1, 0.15) is 13.8 Å². The maximum Gasteiger partial charge on any atom is 0.248 e. The highest BCUT2D eigenvalue weighted by atomic mass is 16.1. The van der Waals surface area contributed by atoms with E-state index in [-0.39, 0.29) is 5.78 Å². The molecule has 0 N–H and O–H groups in total. The van der Waals surface area contributed by atoms with E-state index in [9.17, 15) is 4.79 Å². The zero-order valence-electron chi connectivity index (χ0n) is 7.61. The van der Waals surface area contributed by atoms with Gasteiger partial charge >= 0.3 is 0 Å². The van der Waals surface area contributed by atoms with E-state index in [2.05, 4.69) is 0 Å². The summed E-state index contributed by atoms with van der Waals surface area (Å²) in [5, 5.41) is 0. The first kappa shape index (κ1) is 8.71. The van der Waals surface area contributed by atoms with Gasteiger partial charge in [-0.2, -0.15) is 0 Å². The molecule has 0 aliphatic rings. The molecule has 0 saturated heterocycles. The van der Waals surface area contributed by atoms with Crippen molar-refractivity contribution in [2.24, 2.45) is 7.05 Å². The van der Waals surface area contributed by atoms with Crippen molar-refractivity contribution in [1.29, 1.82) is 0 Å². The van der Waals surface area contributed by atoms with Crippen molar-refractivity contribution in [1.82, 2.24) is 4.57 Å². The van der Waals surface area contributed by atoms with E-state index in [1.807, 2.05) is 41.8 Å². The van der Waals surface area contributed by atoms with Crippen LogP contribution >= 0.6 is 0 Å². The Morgan fingerprint density at radius 3 is 2.58 bits per heavy atom. The second-order valence-corrected chi connectivity index (χ2v) is 2.88. The minimum Gasteiger partial charge on any atom is -0.295 e. The molecule has 3 nitrogen and oxygen atoms in total. The van der Waals surface area contributed by atoms with E-state index >= 15 is 0 Å². The largest absolute Gasteiger partial charge is 0.295 e. The fourth-order valence-corrected chi connectivity index (χ4v) is 1.03. The number of aromatic nitrogens is 2. The Kier molecular flexibility index (Phi) is 2.43. The molecule has 12 heavy (non-hydrogen) atoms. The first-order valence-electron chi connectivity index (χ1n) is 3.82. The molecule has 0 atom stereocenters. The lowest BCUT2D eigenvalue weighted by molar-refractivity contribution is -0.670. The van der Waals surface area contributed by atoms with Crippen molar-refractivity contribution >= 4 is 11.5 Å². The second kappa shape index (κ2) is 3.34. The number of rotatable bonds is 2. The summed E-state index contributed by atoms with van der Waals surface area (Å²) in [5.41, 5.74) is 0.933. The average molecular weight is 165 g/mol. The Balaban J connectivity index is 2.91. The summed E-state index contributed by atoms with van der Waals surface area (Å²) in [5.74, 6) is 0.0730. The lowest BCUT2D eigenvalue weighted by Gasteiger charge is -1.91. The topological polar surface area (TPSA) is 25.9 Å². The number of nitrogens with zero attached hydrogens (tertiary/aromatic N) is 2. The lowest BCUT2D eigenvalue weighted by Crippen LogP contribution is -2.23. The maximum atomic E-state index is 10.7. The zero-order chi connectivity index (χ0) is 9.14. The molecule has 0 aliphatic heterocycles. The molecule has 64 valence electrons. The average Bonchev–Trinajstić information content (AvgIpc) is 2.34. The second-order valence-electron chi connectivity index (χ2n) is 2.88. The Morgan fingerprint density at radius 2 is 2.17 bits per heavy atom.